The fourth-order valence-corrected chi connectivity index (χ4v) is 3.48. The number of ketones is 2. The van der Waals surface area contributed by atoms with E-state index >= 15 is 0 Å². The topological polar surface area (TPSA) is 142 Å². The Kier molecular flexibility index (Phi) is 6.64. The highest BCUT2D eigenvalue weighted by atomic mass is 16.3. The van der Waals surface area contributed by atoms with Crippen LogP contribution in [0, 0.1) is 0 Å². The second kappa shape index (κ2) is 9.77. The molecule has 0 aliphatic heterocycles. The summed E-state index contributed by atoms with van der Waals surface area (Å²) >= 11 is 0. The van der Waals surface area contributed by atoms with Crippen LogP contribution in [0.25, 0.3) is 22.9 Å². The standard InChI is InChI=1S/C22H22N4O6/c27-9-7-26(8-10-28)6-5-23-14-13-15(29)18-21(22(14)30)25-20(17-4-2-12-32-17)19(24-18)16-3-1-11-31-16/h1-4,11-12,27-28H,5-10,13H2. The van der Waals surface area contributed by atoms with Gasteiger partial charge in [-0.2, -0.15) is 0 Å². The zero-order valence-corrected chi connectivity index (χ0v) is 17.2. The van der Waals surface area contributed by atoms with Crippen molar-refractivity contribution >= 4 is 17.3 Å². The van der Waals surface area contributed by atoms with E-state index in [1.54, 1.807) is 24.3 Å². The Morgan fingerprint density at radius 1 is 0.875 bits per heavy atom. The van der Waals surface area contributed by atoms with E-state index in [0.717, 1.165) is 0 Å². The number of nitrogens with zero attached hydrogens (tertiary/aromatic N) is 4. The van der Waals surface area contributed by atoms with Crippen molar-refractivity contribution in [3.63, 3.8) is 0 Å². The van der Waals surface area contributed by atoms with E-state index in [-0.39, 0.29) is 49.1 Å². The predicted octanol–water partition coefficient (Wildman–Crippen LogP) is 1.49. The number of Topliss-reactive ketones (excluding diaryl/α,β-unsaturated/α-hetero) is 2. The van der Waals surface area contributed by atoms with Gasteiger partial charge < -0.3 is 19.0 Å². The van der Waals surface area contributed by atoms with Crippen LogP contribution in [0.1, 0.15) is 27.4 Å². The zero-order chi connectivity index (χ0) is 22.5. The van der Waals surface area contributed by atoms with Gasteiger partial charge in [-0.05, 0) is 24.3 Å². The lowest BCUT2D eigenvalue weighted by atomic mass is 9.95. The quantitative estimate of drug-likeness (QED) is 0.508. The average Bonchev–Trinajstić information content (AvgIpc) is 3.51. The molecule has 0 unspecified atom stereocenters. The van der Waals surface area contributed by atoms with Gasteiger partial charge in [0.25, 0.3) is 0 Å². The van der Waals surface area contributed by atoms with E-state index in [4.69, 9.17) is 19.0 Å². The minimum absolute atomic E-state index is 0.0159. The van der Waals surface area contributed by atoms with Crippen molar-refractivity contribution in [3.8, 4) is 22.9 Å². The molecule has 3 aromatic rings. The molecule has 2 N–H and O–H groups in total. The molecule has 0 amide bonds. The number of aliphatic hydroxyl groups excluding tert-OH is 2. The van der Waals surface area contributed by atoms with Gasteiger partial charge in [0, 0.05) is 19.6 Å². The van der Waals surface area contributed by atoms with Gasteiger partial charge in [-0.25, -0.2) is 9.97 Å². The first-order valence-electron chi connectivity index (χ1n) is 10.2. The number of furan rings is 2. The number of fused-ring (bicyclic) bond motifs is 1. The van der Waals surface area contributed by atoms with Gasteiger partial charge >= 0.3 is 0 Å². The fraction of sp³-hybridized carbons (Fsp3) is 0.318. The van der Waals surface area contributed by atoms with Gasteiger partial charge in [-0.15, -0.1) is 0 Å². The molecule has 1 aliphatic rings. The molecule has 0 aromatic carbocycles. The first-order chi connectivity index (χ1) is 15.6. The Balaban J connectivity index is 1.66. The van der Waals surface area contributed by atoms with Crippen LogP contribution in [-0.2, 0) is 0 Å². The molecule has 0 atom stereocenters. The summed E-state index contributed by atoms with van der Waals surface area (Å²) in [6.45, 7) is 1.34. The SMILES string of the molecule is O=C1CC(=NCCN(CCO)CCO)C(=O)c2nc(-c3ccco3)c(-c3ccco3)nc21. The Labute approximate surface area is 183 Å². The van der Waals surface area contributed by atoms with Crippen molar-refractivity contribution < 1.29 is 28.6 Å². The van der Waals surface area contributed by atoms with Gasteiger partial charge in [0.15, 0.2) is 17.3 Å². The molecule has 32 heavy (non-hydrogen) atoms. The summed E-state index contributed by atoms with van der Waals surface area (Å²) in [5.74, 6) is -0.0204. The highest BCUT2D eigenvalue weighted by Gasteiger charge is 2.34. The Bertz CT molecular complexity index is 1120. The highest BCUT2D eigenvalue weighted by molar-refractivity contribution is 6.52. The van der Waals surface area contributed by atoms with E-state index in [1.165, 1.54) is 12.5 Å². The number of aliphatic hydroxyl groups is 2. The summed E-state index contributed by atoms with van der Waals surface area (Å²) < 4.78 is 10.9. The third-order valence-electron chi connectivity index (χ3n) is 5.03. The molecule has 0 saturated carbocycles. The molecular formula is C22H22N4O6. The van der Waals surface area contributed by atoms with Crippen LogP contribution in [0.2, 0.25) is 0 Å². The number of aliphatic imine (C=N–C) groups is 1. The monoisotopic (exact) mass is 438 g/mol. The molecule has 166 valence electrons. The molecule has 0 radical (unpaired) electrons. The van der Waals surface area contributed by atoms with Gasteiger partial charge in [0.1, 0.15) is 22.8 Å². The van der Waals surface area contributed by atoms with Crippen molar-refractivity contribution in [2.75, 3.05) is 39.4 Å². The van der Waals surface area contributed by atoms with Gasteiger partial charge in [0.05, 0.1) is 44.4 Å². The van der Waals surface area contributed by atoms with E-state index < -0.39 is 5.78 Å². The summed E-state index contributed by atoms with van der Waals surface area (Å²) in [5, 5.41) is 18.2. The number of hydrogen-bond donors (Lipinski definition) is 2. The smallest absolute Gasteiger partial charge is 0.227 e. The van der Waals surface area contributed by atoms with Crippen molar-refractivity contribution in [2.45, 2.75) is 6.42 Å². The number of carbonyl (C=O) groups excluding carboxylic acids is 2. The molecule has 0 bridgehead atoms. The number of hydrogen-bond acceptors (Lipinski definition) is 10. The van der Waals surface area contributed by atoms with Crippen LogP contribution >= 0.6 is 0 Å². The van der Waals surface area contributed by atoms with E-state index in [9.17, 15) is 9.59 Å². The van der Waals surface area contributed by atoms with E-state index in [0.29, 0.717) is 42.5 Å². The molecule has 0 saturated heterocycles. The van der Waals surface area contributed by atoms with Gasteiger partial charge in [-0.3, -0.25) is 19.5 Å². The maximum absolute atomic E-state index is 13.1. The number of carbonyl (C=O) groups is 2. The minimum Gasteiger partial charge on any atom is -0.463 e. The van der Waals surface area contributed by atoms with Crippen molar-refractivity contribution in [3.05, 3.63) is 48.2 Å². The summed E-state index contributed by atoms with van der Waals surface area (Å²) in [5.41, 5.74) is 0.639. The molecule has 0 spiro atoms. The summed E-state index contributed by atoms with van der Waals surface area (Å²) in [7, 11) is 0. The van der Waals surface area contributed by atoms with Crippen LogP contribution in [0.15, 0.2) is 50.6 Å². The van der Waals surface area contributed by atoms with Crippen molar-refractivity contribution in [2.24, 2.45) is 4.99 Å². The predicted molar refractivity (Wildman–Crippen MR) is 114 cm³/mol. The van der Waals surface area contributed by atoms with Crippen LogP contribution in [0.5, 0.6) is 0 Å². The highest BCUT2D eigenvalue weighted by Crippen LogP contribution is 2.32. The van der Waals surface area contributed by atoms with E-state index in [2.05, 4.69) is 15.0 Å². The molecule has 10 nitrogen and oxygen atoms in total. The van der Waals surface area contributed by atoms with Crippen LogP contribution in [0.3, 0.4) is 0 Å². The molecular weight excluding hydrogens is 416 g/mol. The first-order valence-corrected chi connectivity index (χ1v) is 10.2. The van der Waals surface area contributed by atoms with Gasteiger partial charge in [-0.1, -0.05) is 0 Å². The third kappa shape index (κ3) is 4.42. The lowest BCUT2D eigenvalue weighted by Crippen LogP contribution is -2.33. The maximum atomic E-state index is 13.1. The average molecular weight is 438 g/mol. The number of rotatable bonds is 9. The van der Waals surface area contributed by atoms with Crippen molar-refractivity contribution in [1.29, 1.82) is 0 Å². The van der Waals surface area contributed by atoms with E-state index in [1.807, 2.05) is 4.90 Å². The molecule has 3 aromatic heterocycles. The van der Waals surface area contributed by atoms with Crippen molar-refractivity contribution in [1.82, 2.24) is 14.9 Å². The molecule has 1 aliphatic carbocycles. The van der Waals surface area contributed by atoms with Gasteiger partial charge in [0.2, 0.25) is 5.78 Å². The lowest BCUT2D eigenvalue weighted by Gasteiger charge is -2.19. The molecule has 10 heteroatoms. The Morgan fingerprint density at radius 3 is 2.00 bits per heavy atom. The van der Waals surface area contributed by atoms with Crippen LogP contribution < -0.4 is 0 Å². The number of aromatic nitrogens is 2. The fourth-order valence-electron chi connectivity index (χ4n) is 3.48. The van der Waals surface area contributed by atoms with Crippen LogP contribution in [0.4, 0.5) is 0 Å². The Hall–Kier alpha value is -3.47. The van der Waals surface area contributed by atoms with Crippen LogP contribution in [-0.4, -0.2) is 81.8 Å². The lowest BCUT2D eigenvalue weighted by molar-refractivity contribution is 0.0957. The molecule has 3 heterocycles. The zero-order valence-electron chi connectivity index (χ0n) is 17.2. The molecule has 0 fully saturated rings. The Morgan fingerprint density at radius 2 is 1.47 bits per heavy atom. The summed E-state index contributed by atoms with van der Waals surface area (Å²) in [6.07, 6.45) is 2.79. The largest absolute Gasteiger partial charge is 0.463 e. The molecule has 4 rings (SSSR count). The second-order valence-corrected chi connectivity index (χ2v) is 7.12. The maximum Gasteiger partial charge on any atom is 0.227 e. The minimum atomic E-state index is -0.457. The summed E-state index contributed by atoms with van der Waals surface area (Å²) in [4.78, 5) is 40.9. The second-order valence-electron chi connectivity index (χ2n) is 7.12. The summed E-state index contributed by atoms with van der Waals surface area (Å²) in [6, 6.07) is 6.75. The third-order valence-corrected chi connectivity index (χ3v) is 5.03. The normalized spacial score (nSPS) is 15.0. The first kappa shape index (κ1) is 21.8.